The Morgan fingerprint density at radius 3 is 2.79 bits per heavy atom. The number of amides is 1. The van der Waals surface area contributed by atoms with Gasteiger partial charge in [-0.2, -0.15) is 5.10 Å². The fourth-order valence-corrected chi connectivity index (χ4v) is 4.10. The molecule has 1 aliphatic heterocycles. The summed E-state index contributed by atoms with van der Waals surface area (Å²) >= 11 is 0. The Morgan fingerprint density at radius 1 is 1.38 bits per heavy atom. The van der Waals surface area contributed by atoms with Gasteiger partial charge in [0, 0.05) is 35.2 Å². The Bertz CT molecular complexity index is 1000. The van der Waals surface area contributed by atoms with Crippen LogP contribution >= 0.6 is 0 Å². The second kappa shape index (κ2) is 8.44. The highest BCUT2D eigenvalue weighted by Gasteiger charge is 2.31. The molecule has 2 heterocycles. The van der Waals surface area contributed by atoms with Crippen molar-refractivity contribution in [2.75, 3.05) is 23.5 Å². The van der Waals surface area contributed by atoms with Gasteiger partial charge in [0.2, 0.25) is 0 Å². The fraction of sp³-hybridized carbons (Fsp3) is 0.500. The van der Waals surface area contributed by atoms with Crippen LogP contribution in [0.1, 0.15) is 32.3 Å². The first kappa shape index (κ1) is 21.2. The van der Waals surface area contributed by atoms with Gasteiger partial charge >= 0.3 is 6.09 Å². The molecule has 1 atom stereocenters. The minimum absolute atomic E-state index is 0.0168. The number of carboxylic acid groups (broad SMARTS) is 1. The van der Waals surface area contributed by atoms with E-state index >= 15 is 0 Å². The van der Waals surface area contributed by atoms with Gasteiger partial charge in [0.15, 0.2) is 0 Å². The Kier molecular flexibility index (Phi) is 6.16. The Morgan fingerprint density at radius 2 is 2.14 bits per heavy atom. The fourth-order valence-electron chi connectivity index (χ4n) is 3.58. The Labute approximate surface area is 171 Å². The normalized spacial score (nSPS) is 16.5. The third-order valence-electron chi connectivity index (χ3n) is 5.04. The summed E-state index contributed by atoms with van der Waals surface area (Å²) in [6.45, 7) is 4.72. The van der Waals surface area contributed by atoms with Crippen LogP contribution in [0, 0.1) is 0 Å². The number of aryl methyl sites for hydroxylation is 1. The molecule has 29 heavy (non-hydrogen) atoms. The maximum atomic E-state index is 11.8. The van der Waals surface area contributed by atoms with E-state index in [-0.39, 0.29) is 18.3 Å². The molecule has 0 saturated carbocycles. The number of benzene rings is 1. The third kappa shape index (κ3) is 4.72. The van der Waals surface area contributed by atoms with E-state index in [9.17, 15) is 18.3 Å². The van der Waals surface area contributed by atoms with Crippen molar-refractivity contribution in [3.8, 4) is 16.9 Å². The molecule has 1 N–H and O–H groups in total. The average molecular weight is 422 g/mol. The van der Waals surface area contributed by atoms with Crippen LogP contribution in [0.25, 0.3) is 11.1 Å². The van der Waals surface area contributed by atoms with Crippen molar-refractivity contribution in [3.63, 3.8) is 0 Å². The lowest BCUT2D eigenvalue weighted by atomic mass is 9.92. The summed E-state index contributed by atoms with van der Waals surface area (Å²) in [5.74, 6) is 0.702. The van der Waals surface area contributed by atoms with E-state index in [1.807, 2.05) is 26.0 Å². The second-order valence-electron chi connectivity index (χ2n) is 7.45. The van der Waals surface area contributed by atoms with Crippen LogP contribution < -0.4 is 9.64 Å². The molecule has 8 nitrogen and oxygen atoms in total. The molecule has 0 saturated heterocycles. The van der Waals surface area contributed by atoms with Crippen molar-refractivity contribution >= 4 is 21.6 Å². The summed E-state index contributed by atoms with van der Waals surface area (Å²) in [6, 6.07) is 3.58. The number of nitrogens with zero attached hydrogens (tertiary/aromatic N) is 3. The summed E-state index contributed by atoms with van der Waals surface area (Å²) in [5.41, 5.74) is 3.20. The number of hydrogen-bond acceptors (Lipinski definition) is 5. The van der Waals surface area contributed by atoms with Crippen LogP contribution in [-0.4, -0.2) is 54.1 Å². The lowest BCUT2D eigenvalue weighted by Crippen LogP contribution is -2.41. The minimum atomic E-state index is -3.08. The lowest BCUT2D eigenvalue weighted by Gasteiger charge is -2.34. The molecule has 0 aliphatic carbocycles. The van der Waals surface area contributed by atoms with Gasteiger partial charge in [-0.3, -0.25) is 9.58 Å². The van der Waals surface area contributed by atoms with E-state index in [0.29, 0.717) is 18.0 Å². The zero-order valence-corrected chi connectivity index (χ0v) is 17.8. The van der Waals surface area contributed by atoms with Crippen LogP contribution in [0.3, 0.4) is 0 Å². The first-order chi connectivity index (χ1) is 13.7. The standard InChI is InChI=1S/C20H27N3O5S/c1-4-10-28-19-16(15-12-21-22(13-15)9-11-29(3,26)27)7-8-18-17(19)6-5-14(2)23(18)20(24)25/h7-8,12-14H,4-6,9-11H2,1-3H3,(H,24,25)/t14-/m0/s1. The van der Waals surface area contributed by atoms with Gasteiger partial charge in [0.1, 0.15) is 15.6 Å². The molecular weight excluding hydrogens is 394 g/mol. The van der Waals surface area contributed by atoms with Gasteiger partial charge in [-0.25, -0.2) is 13.2 Å². The van der Waals surface area contributed by atoms with Crippen LogP contribution in [-0.2, 0) is 22.8 Å². The van der Waals surface area contributed by atoms with Gasteiger partial charge < -0.3 is 9.84 Å². The van der Waals surface area contributed by atoms with Crippen molar-refractivity contribution in [1.82, 2.24) is 9.78 Å². The molecule has 158 valence electrons. The molecule has 1 aliphatic rings. The van der Waals surface area contributed by atoms with Crippen molar-refractivity contribution in [1.29, 1.82) is 0 Å². The molecular formula is C20H27N3O5S. The number of aromatic nitrogens is 2. The highest BCUT2D eigenvalue weighted by molar-refractivity contribution is 7.90. The number of ether oxygens (including phenoxy) is 1. The maximum Gasteiger partial charge on any atom is 0.412 e. The largest absolute Gasteiger partial charge is 0.493 e. The minimum Gasteiger partial charge on any atom is -0.493 e. The first-order valence-corrected chi connectivity index (χ1v) is 11.8. The molecule has 1 amide bonds. The average Bonchev–Trinajstić information content (AvgIpc) is 3.12. The van der Waals surface area contributed by atoms with Gasteiger partial charge in [-0.15, -0.1) is 0 Å². The lowest BCUT2D eigenvalue weighted by molar-refractivity contribution is 0.198. The summed E-state index contributed by atoms with van der Waals surface area (Å²) in [6.07, 6.45) is 5.99. The van der Waals surface area contributed by atoms with E-state index in [1.165, 1.54) is 11.2 Å². The number of anilines is 1. The predicted octanol–water partition coefficient (Wildman–Crippen LogP) is 3.20. The highest BCUT2D eigenvalue weighted by atomic mass is 32.2. The predicted molar refractivity (Wildman–Crippen MR) is 111 cm³/mol. The number of carbonyl (C=O) groups is 1. The smallest absolute Gasteiger partial charge is 0.412 e. The monoisotopic (exact) mass is 421 g/mol. The van der Waals surface area contributed by atoms with Gasteiger partial charge in [0.05, 0.1) is 30.8 Å². The Hall–Kier alpha value is -2.55. The number of rotatable bonds is 7. The van der Waals surface area contributed by atoms with E-state index in [1.54, 1.807) is 17.1 Å². The van der Waals surface area contributed by atoms with Crippen molar-refractivity contribution in [3.05, 3.63) is 30.1 Å². The molecule has 2 aromatic rings. The van der Waals surface area contributed by atoms with Gasteiger partial charge in [0.25, 0.3) is 0 Å². The molecule has 9 heteroatoms. The molecule has 0 spiro atoms. The number of hydrogen-bond donors (Lipinski definition) is 1. The van der Waals surface area contributed by atoms with E-state index < -0.39 is 15.9 Å². The zero-order valence-electron chi connectivity index (χ0n) is 17.0. The van der Waals surface area contributed by atoms with Crippen LogP contribution in [0.5, 0.6) is 5.75 Å². The maximum absolute atomic E-state index is 11.8. The zero-order chi connectivity index (χ0) is 21.2. The van der Waals surface area contributed by atoms with E-state index in [0.717, 1.165) is 36.0 Å². The van der Waals surface area contributed by atoms with Crippen molar-refractivity contribution < 1.29 is 23.1 Å². The molecule has 0 fully saturated rings. The quantitative estimate of drug-likeness (QED) is 0.737. The van der Waals surface area contributed by atoms with E-state index in [2.05, 4.69) is 5.10 Å². The third-order valence-corrected chi connectivity index (χ3v) is 5.96. The SMILES string of the molecule is CCCOc1c(-c2cnn(CCS(C)(=O)=O)c2)ccc2c1CC[C@H](C)N2C(=O)O. The van der Waals surface area contributed by atoms with Crippen molar-refractivity contribution in [2.45, 2.75) is 45.7 Å². The topological polar surface area (TPSA) is 102 Å². The van der Waals surface area contributed by atoms with Crippen LogP contribution in [0.2, 0.25) is 0 Å². The first-order valence-electron chi connectivity index (χ1n) is 9.72. The van der Waals surface area contributed by atoms with E-state index in [4.69, 9.17) is 4.74 Å². The van der Waals surface area contributed by atoms with Gasteiger partial charge in [-0.1, -0.05) is 6.92 Å². The van der Waals surface area contributed by atoms with Crippen LogP contribution in [0.15, 0.2) is 24.5 Å². The molecule has 1 aromatic heterocycles. The summed E-state index contributed by atoms with van der Waals surface area (Å²) < 4.78 is 30.5. The van der Waals surface area contributed by atoms with Crippen LogP contribution in [0.4, 0.5) is 10.5 Å². The Balaban J connectivity index is 2.01. The summed E-state index contributed by atoms with van der Waals surface area (Å²) in [7, 11) is -3.08. The molecule has 0 bridgehead atoms. The highest BCUT2D eigenvalue weighted by Crippen LogP contribution is 2.43. The summed E-state index contributed by atoms with van der Waals surface area (Å²) in [4.78, 5) is 13.2. The molecule has 0 unspecified atom stereocenters. The molecule has 3 rings (SSSR count). The number of fused-ring (bicyclic) bond motifs is 1. The molecule has 1 aromatic carbocycles. The number of sulfone groups is 1. The summed E-state index contributed by atoms with van der Waals surface area (Å²) in [5, 5.41) is 13.9. The van der Waals surface area contributed by atoms with Gasteiger partial charge in [-0.05, 0) is 38.3 Å². The second-order valence-corrected chi connectivity index (χ2v) is 9.71. The van der Waals surface area contributed by atoms with Crippen molar-refractivity contribution in [2.24, 2.45) is 0 Å². The molecule has 0 radical (unpaired) electrons.